The van der Waals surface area contributed by atoms with Gasteiger partial charge in [-0.1, -0.05) is 30.3 Å². The smallest absolute Gasteiger partial charge is 0.264 e. The molecule has 1 aliphatic carbocycles. The van der Waals surface area contributed by atoms with E-state index in [2.05, 4.69) is 5.32 Å². The van der Waals surface area contributed by atoms with Crippen LogP contribution in [0.3, 0.4) is 0 Å². The van der Waals surface area contributed by atoms with E-state index in [1.807, 2.05) is 37.3 Å². The lowest BCUT2D eigenvalue weighted by Gasteiger charge is -2.20. The predicted octanol–water partition coefficient (Wildman–Crippen LogP) is 4.56. The molecule has 7 nitrogen and oxygen atoms in total. The van der Waals surface area contributed by atoms with Crippen LogP contribution in [0.5, 0.6) is 11.5 Å². The minimum atomic E-state index is -3.73. The van der Waals surface area contributed by atoms with E-state index < -0.39 is 10.0 Å². The summed E-state index contributed by atoms with van der Waals surface area (Å²) in [6, 6.07) is 22.9. The van der Waals surface area contributed by atoms with Gasteiger partial charge in [0.05, 0.1) is 23.2 Å². The van der Waals surface area contributed by atoms with Crippen molar-refractivity contribution in [2.24, 2.45) is 5.92 Å². The molecule has 0 spiro atoms. The first-order chi connectivity index (χ1) is 16.9. The summed E-state index contributed by atoms with van der Waals surface area (Å²) < 4.78 is 38.2. The number of carbonyl (C=O) groups excluding carboxylic acids is 1. The molecule has 184 valence electrons. The first-order valence-corrected chi connectivity index (χ1v) is 13.1. The van der Waals surface area contributed by atoms with E-state index in [1.54, 1.807) is 36.4 Å². The minimum Gasteiger partial charge on any atom is -0.494 e. The molecule has 1 atom stereocenters. The van der Waals surface area contributed by atoms with Crippen molar-refractivity contribution in [1.82, 2.24) is 5.32 Å². The number of nitrogens with zero attached hydrogens (tertiary/aromatic N) is 1. The Morgan fingerprint density at radius 2 is 1.54 bits per heavy atom. The molecule has 0 aromatic heterocycles. The third-order valence-corrected chi connectivity index (χ3v) is 7.73. The van der Waals surface area contributed by atoms with Gasteiger partial charge in [0, 0.05) is 7.05 Å². The topological polar surface area (TPSA) is 84.9 Å². The third kappa shape index (κ3) is 6.14. The fourth-order valence-corrected chi connectivity index (χ4v) is 5.05. The van der Waals surface area contributed by atoms with Gasteiger partial charge in [-0.15, -0.1) is 0 Å². The molecule has 1 unspecified atom stereocenters. The average Bonchev–Trinajstić information content (AvgIpc) is 3.72. The maximum Gasteiger partial charge on any atom is 0.264 e. The highest BCUT2D eigenvalue weighted by molar-refractivity contribution is 7.92. The first-order valence-electron chi connectivity index (χ1n) is 11.7. The molecular weight excluding hydrogens is 464 g/mol. The van der Waals surface area contributed by atoms with E-state index >= 15 is 0 Å². The number of hydrogen-bond acceptors (Lipinski definition) is 5. The highest BCUT2D eigenvalue weighted by atomic mass is 32.2. The number of nitrogens with one attached hydrogen (secondary N) is 1. The zero-order valence-corrected chi connectivity index (χ0v) is 20.7. The van der Waals surface area contributed by atoms with Gasteiger partial charge in [-0.2, -0.15) is 0 Å². The van der Waals surface area contributed by atoms with Crippen LogP contribution < -0.4 is 19.1 Å². The lowest BCUT2D eigenvalue weighted by Crippen LogP contribution is -2.33. The summed E-state index contributed by atoms with van der Waals surface area (Å²) >= 11 is 0. The van der Waals surface area contributed by atoms with E-state index in [0.29, 0.717) is 29.7 Å². The fraction of sp³-hybridized carbons (Fsp3) is 0.296. The van der Waals surface area contributed by atoms with Crippen LogP contribution >= 0.6 is 0 Å². The van der Waals surface area contributed by atoms with Crippen molar-refractivity contribution < 1.29 is 22.7 Å². The number of benzene rings is 3. The molecule has 0 heterocycles. The highest BCUT2D eigenvalue weighted by Gasteiger charge is 2.33. The van der Waals surface area contributed by atoms with E-state index in [-0.39, 0.29) is 23.5 Å². The molecule has 0 aliphatic heterocycles. The molecule has 0 bridgehead atoms. The van der Waals surface area contributed by atoms with Crippen molar-refractivity contribution in [3.63, 3.8) is 0 Å². The Kier molecular flexibility index (Phi) is 7.60. The van der Waals surface area contributed by atoms with E-state index in [9.17, 15) is 13.2 Å². The Bertz CT molecular complexity index is 1220. The average molecular weight is 495 g/mol. The van der Waals surface area contributed by atoms with Crippen LogP contribution in [0.2, 0.25) is 0 Å². The maximum atomic E-state index is 13.0. The van der Waals surface area contributed by atoms with Gasteiger partial charge in [0.2, 0.25) is 0 Å². The lowest BCUT2D eigenvalue weighted by atomic mass is 10.0. The van der Waals surface area contributed by atoms with Crippen molar-refractivity contribution in [3.05, 3.63) is 84.4 Å². The van der Waals surface area contributed by atoms with Gasteiger partial charge in [0.25, 0.3) is 15.9 Å². The second-order valence-electron chi connectivity index (χ2n) is 8.45. The normalized spacial score (nSPS) is 14.1. The molecule has 3 aromatic rings. The summed E-state index contributed by atoms with van der Waals surface area (Å²) in [5, 5.41) is 3.08. The quantitative estimate of drug-likeness (QED) is 0.423. The molecule has 4 rings (SSSR count). The second-order valence-corrected chi connectivity index (χ2v) is 10.4. The summed E-state index contributed by atoms with van der Waals surface area (Å²) in [7, 11) is -2.23. The number of rotatable bonds is 11. The Hall–Kier alpha value is -3.52. The van der Waals surface area contributed by atoms with Crippen molar-refractivity contribution in [2.75, 3.05) is 24.6 Å². The Morgan fingerprint density at radius 1 is 0.943 bits per heavy atom. The molecule has 1 fully saturated rings. The van der Waals surface area contributed by atoms with Gasteiger partial charge in [-0.3, -0.25) is 9.10 Å². The van der Waals surface area contributed by atoms with Gasteiger partial charge in [-0.25, -0.2) is 8.42 Å². The van der Waals surface area contributed by atoms with Crippen LogP contribution in [0.1, 0.15) is 31.4 Å². The maximum absolute atomic E-state index is 13.0. The van der Waals surface area contributed by atoms with Gasteiger partial charge in [-0.05, 0) is 79.8 Å². The molecule has 1 saturated carbocycles. The number of carbonyl (C=O) groups is 1. The van der Waals surface area contributed by atoms with Crippen LogP contribution in [0.15, 0.2) is 83.8 Å². The Morgan fingerprint density at radius 3 is 2.14 bits per heavy atom. The van der Waals surface area contributed by atoms with Crippen molar-refractivity contribution >= 4 is 21.6 Å². The molecule has 0 saturated heterocycles. The minimum absolute atomic E-state index is 0.00358. The van der Waals surface area contributed by atoms with Gasteiger partial charge in [0.1, 0.15) is 11.5 Å². The molecular formula is C27H30N2O5S. The second kappa shape index (κ2) is 10.8. The van der Waals surface area contributed by atoms with Crippen LogP contribution in [-0.2, 0) is 14.8 Å². The number of ether oxygens (including phenoxy) is 2. The van der Waals surface area contributed by atoms with Crippen LogP contribution in [0, 0.1) is 5.92 Å². The summed E-state index contributed by atoms with van der Waals surface area (Å²) in [4.78, 5) is 12.7. The van der Waals surface area contributed by atoms with Crippen LogP contribution in [-0.4, -0.2) is 34.6 Å². The van der Waals surface area contributed by atoms with Gasteiger partial charge >= 0.3 is 0 Å². The monoisotopic (exact) mass is 494 g/mol. The van der Waals surface area contributed by atoms with Crippen molar-refractivity contribution in [3.8, 4) is 11.5 Å². The van der Waals surface area contributed by atoms with E-state index in [1.165, 1.54) is 23.5 Å². The largest absolute Gasteiger partial charge is 0.494 e. The first kappa shape index (κ1) is 24.6. The summed E-state index contributed by atoms with van der Waals surface area (Å²) in [5.74, 6) is 1.38. The molecule has 3 aromatic carbocycles. The zero-order valence-electron chi connectivity index (χ0n) is 19.9. The summed E-state index contributed by atoms with van der Waals surface area (Å²) in [6.07, 6.45) is 2.21. The molecule has 1 aliphatic rings. The highest BCUT2D eigenvalue weighted by Crippen LogP contribution is 2.40. The Labute approximate surface area is 206 Å². The molecule has 1 N–H and O–H groups in total. The van der Waals surface area contributed by atoms with Crippen molar-refractivity contribution in [1.29, 1.82) is 0 Å². The third-order valence-electron chi connectivity index (χ3n) is 5.93. The summed E-state index contributed by atoms with van der Waals surface area (Å²) in [6.45, 7) is 2.26. The van der Waals surface area contributed by atoms with E-state index in [0.717, 1.165) is 18.4 Å². The number of sulfonamides is 1. The number of amides is 1. The van der Waals surface area contributed by atoms with Crippen LogP contribution in [0.25, 0.3) is 0 Å². The molecule has 0 radical (unpaired) electrons. The molecule has 1 amide bonds. The molecule has 8 heteroatoms. The van der Waals surface area contributed by atoms with Gasteiger partial charge in [0.15, 0.2) is 6.61 Å². The molecule has 35 heavy (non-hydrogen) atoms. The van der Waals surface area contributed by atoms with E-state index in [4.69, 9.17) is 9.47 Å². The number of hydrogen-bond donors (Lipinski definition) is 1. The Balaban J connectivity index is 1.34. The predicted molar refractivity (Wildman–Crippen MR) is 135 cm³/mol. The number of anilines is 1. The van der Waals surface area contributed by atoms with Crippen LogP contribution in [0.4, 0.5) is 5.69 Å². The summed E-state index contributed by atoms with van der Waals surface area (Å²) in [5.41, 5.74) is 1.58. The zero-order chi connectivity index (χ0) is 24.8. The van der Waals surface area contributed by atoms with Gasteiger partial charge < -0.3 is 14.8 Å². The lowest BCUT2D eigenvalue weighted by molar-refractivity contribution is -0.124. The fourth-order valence-electron chi connectivity index (χ4n) is 3.85. The van der Waals surface area contributed by atoms with Crippen molar-refractivity contribution in [2.45, 2.75) is 30.7 Å². The standard InChI is InChI=1S/C27H30N2O5S/c1-3-33-23-15-17-25(18-16-23)35(31,32)29(2)22-11-13-24(14-12-22)34-19-26(30)28-27(21-9-10-21)20-7-5-4-6-8-20/h4-8,11-18,21,27H,3,9-10,19H2,1-2H3,(H,28,30). The SMILES string of the molecule is CCOc1ccc(S(=O)(=O)N(C)c2ccc(OCC(=O)NC(c3ccccc3)C3CC3)cc2)cc1.